The molecular formula is C12H26N2S. The summed E-state index contributed by atoms with van der Waals surface area (Å²) in [6.07, 6.45) is 2.75. The SMILES string of the molecule is CN(C)CC(C)(C)CNC1CCCSC1. The van der Waals surface area contributed by atoms with Crippen molar-refractivity contribution in [3.63, 3.8) is 0 Å². The third-order valence-corrected chi connectivity index (χ3v) is 3.99. The van der Waals surface area contributed by atoms with Gasteiger partial charge in [0.2, 0.25) is 0 Å². The molecule has 1 N–H and O–H groups in total. The highest BCUT2D eigenvalue weighted by Gasteiger charge is 2.21. The minimum Gasteiger partial charge on any atom is -0.313 e. The number of hydrogen-bond acceptors (Lipinski definition) is 3. The summed E-state index contributed by atoms with van der Waals surface area (Å²) in [6, 6.07) is 0.755. The van der Waals surface area contributed by atoms with Crippen molar-refractivity contribution < 1.29 is 0 Å². The molecule has 1 aliphatic rings. The second-order valence-corrected chi connectivity index (χ2v) is 6.85. The molecule has 90 valence electrons. The Hall–Kier alpha value is 0.270. The Kier molecular flexibility index (Phi) is 5.44. The first-order chi connectivity index (χ1) is 6.99. The summed E-state index contributed by atoms with van der Waals surface area (Å²) >= 11 is 2.09. The Morgan fingerprint density at radius 3 is 2.67 bits per heavy atom. The molecule has 1 heterocycles. The van der Waals surface area contributed by atoms with Crippen molar-refractivity contribution in [1.82, 2.24) is 10.2 Å². The van der Waals surface area contributed by atoms with Crippen LogP contribution in [0.5, 0.6) is 0 Å². The van der Waals surface area contributed by atoms with Gasteiger partial charge in [-0.2, -0.15) is 11.8 Å². The zero-order chi connectivity index (χ0) is 11.3. The summed E-state index contributed by atoms with van der Waals surface area (Å²) in [5, 5.41) is 3.72. The van der Waals surface area contributed by atoms with E-state index in [0.717, 1.165) is 19.1 Å². The molecule has 0 bridgehead atoms. The van der Waals surface area contributed by atoms with E-state index >= 15 is 0 Å². The molecular weight excluding hydrogens is 204 g/mol. The van der Waals surface area contributed by atoms with Crippen LogP contribution in [-0.4, -0.2) is 49.6 Å². The number of nitrogens with zero attached hydrogens (tertiary/aromatic N) is 1. The molecule has 1 unspecified atom stereocenters. The summed E-state index contributed by atoms with van der Waals surface area (Å²) in [5.74, 6) is 2.66. The van der Waals surface area contributed by atoms with E-state index in [1.54, 1.807) is 0 Å². The van der Waals surface area contributed by atoms with Gasteiger partial charge in [-0.25, -0.2) is 0 Å². The zero-order valence-corrected chi connectivity index (χ0v) is 11.5. The molecule has 1 saturated heterocycles. The van der Waals surface area contributed by atoms with E-state index < -0.39 is 0 Å². The highest BCUT2D eigenvalue weighted by atomic mass is 32.2. The predicted octanol–water partition coefficient (Wildman–Crippen LogP) is 2.06. The Morgan fingerprint density at radius 2 is 2.13 bits per heavy atom. The lowest BCUT2D eigenvalue weighted by molar-refractivity contribution is 0.225. The fraction of sp³-hybridized carbons (Fsp3) is 1.00. The lowest BCUT2D eigenvalue weighted by Gasteiger charge is -2.32. The third-order valence-electron chi connectivity index (χ3n) is 2.77. The van der Waals surface area contributed by atoms with Gasteiger partial charge in [0, 0.05) is 24.9 Å². The molecule has 1 rings (SSSR count). The molecule has 3 heteroatoms. The quantitative estimate of drug-likeness (QED) is 0.778. The van der Waals surface area contributed by atoms with Gasteiger partial charge in [0.1, 0.15) is 0 Å². The largest absolute Gasteiger partial charge is 0.313 e. The first kappa shape index (κ1) is 13.3. The van der Waals surface area contributed by atoms with Crippen LogP contribution >= 0.6 is 11.8 Å². The van der Waals surface area contributed by atoms with E-state index in [2.05, 4.69) is 49.9 Å². The van der Waals surface area contributed by atoms with Gasteiger partial charge in [0.25, 0.3) is 0 Å². The van der Waals surface area contributed by atoms with Crippen molar-refractivity contribution in [3.05, 3.63) is 0 Å². The van der Waals surface area contributed by atoms with Gasteiger partial charge in [-0.15, -0.1) is 0 Å². The minimum atomic E-state index is 0.381. The standard InChI is InChI=1S/C12H26N2S/c1-12(2,10-14(3)4)9-13-11-6-5-7-15-8-11/h11,13H,5-10H2,1-4H3. The maximum atomic E-state index is 3.72. The highest BCUT2D eigenvalue weighted by molar-refractivity contribution is 7.99. The highest BCUT2D eigenvalue weighted by Crippen LogP contribution is 2.19. The molecule has 15 heavy (non-hydrogen) atoms. The fourth-order valence-electron chi connectivity index (χ4n) is 2.23. The molecule has 1 fully saturated rings. The Morgan fingerprint density at radius 1 is 1.40 bits per heavy atom. The van der Waals surface area contributed by atoms with E-state index in [-0.39, 0.29) is 0 Å². The third kappa shape index (κ3) is 5.79. The second kappa shape index (κ2) is 6.12. The molecule has 1 aliphatic heterocycles. The van der Waals surface area contributed by atoms with Gasteiger partial charge in [-0.05, 0) is 38.1 Å². The fourth-order valence-corrected chi connectivity index (χ4v) is 3.34. The van der Waals surface area contributed by atoms with Gasteiger partial charge in [-0.1, -0.05) is 13.8 Å². The van der Waals surface area contributed by atoms with Crippen LogP contribution in [-0.2, 0) is 0 Å². The Labute approximate surface area is 99.2 Å². The van der Waals surface area contributed by atoms with Crippen LogP contribution in [0.25, 0.3) is 0 Å². The van der Waals surface area contributed by atoms with Crippen LogP contribution in [0.1, 0.15) is 26.7 Å². The molecule has 0 spiro atoms. The topological polar surface area (TPSA) is 15.3 Å². The smallest absolute Gasteiger partial charge is 0.0158 e. The average Bonchev–Trinajstić information content (AvgIpc) is 2.15. The molecule has 0 aromatic rings. The number of thioether (sulfide) groups is 1. The molecule has 0 aromatic heterocycles. The van der Waals surface area contributed by atoms with Crippen molar-refractivity contribution in [2.45, 2.75) is 32.7 Å². The second-order valence-electron chi connectivity index (χ2n) is 5.70. The number of rotatable bonds is 5. The van der Waals surface area contributed by atoms with Gasteiger partial charge in [-0.3, -0.25) is 0 Å². The van der Waals surface area contributed by atoms with E-state index in [1.807, 2.05) is 0 Å². The molecule has 0 aliphatic carbocycles. The molecule has 0 amide bonds. The van der Waals surface area contributed by atoms with Crippen molar-refractivity contribution >= 4 is 11.8 Å². The maximum absolute atomic E-state index is 3.72. The first-order valence-corrected chi connectivity index (χ1v) is 7.11. The van der Waals surface area contributed by atoms with Crippen molar-refractivity contribution in [2.75, 3.05) is 38.7 Å². The predicted molar refractivity (Wildman–Crippen MR) is 70.7 cm³/mol. The minimum absolute atomic E-state index is 0.381. The van der Waals surface area contributed by atoms with Crippen molar-refractivity contribution in [3.8, 4) is 0 Å². The van der Waals surface area contributed by atoms with Crippen LogP contribution in [0, 0.1) is 5.41 Å². The molecule has 0 aromatic carbocycles. The van der Waals surface area contributed by atoms with Crippen LogP contribution in [0.2, 0.25) is 0 Å². The molecule has 0 radical (unpaired) electrons. The Bertz CT molecular complexity index is 174. The van der Waals surface area contributed by atoms with E-state index in [9.17, 15) is 0 Å². The number of hydrogen-bond donors (Lipinski definition) is 1. The summed E-state index contributed by atoms with van der Waals surface area (Å²) in [6.45, 7) is 6.97. The van der Waals surface area contributed by atoms with Crippen LogP contribution < -0.4 is 5.32 Å². The van der Waals surface area contributed by atoms with E-state index in [1.165, 1.54) is 24.3 Å². The number of nitrogens with one attached hydrogen (secondary N) is 1. The maximum Gasteiger partial charge on any atom is 0.0158 e. The lowest BCUT2D eigenvalue weighted by Crippen LogP contribution is -2.43. The van der Waals surface area contributed by atoms with Gasteiger partial charge in [0.05, 0.1) is 0 Å². The normalized spacial score (nSPS) is 23.4. The van der Waals surface area contributed by atoms with Crippen molar-refractivity contribution in [2.24, 2.45) is 5.41 Å². The van der Waals surface area contributed by atoms with E-state index in [0.29, 0.717) is 5.41 Å². The molecule has 0 saturated carbocycles. The average molecular weight is 230 g/mol. The van der Waals surface area contributed by atoms with E-state index in [4.69, 9.17) is 0 Å². The molecule has 2 nitrogen and oxygen atoms in total. The lowest BCUT2D eigenvalue weighted by atomic mass is 9.92. The molecule has 1 atom stereocenters. The van der Waals surface area contributed by atoms with Gasteiger partial charge < -0.3 is 10.2 Å². The monoisotopic (exact) mass is 230 g/mol. The van der Waals surface area contributed by atoms with Crippen LogP contribution in [0.3, 0.4) is 0 Å². The summed E-state index contributed by atoms with van der Waals surface area (Å²) in [4.78, 5) is 2.28. The Balaban J connectivity index is 2.21. The summed E-state index contributed by atoms with van der Waals surface area (Å²) in [5.41, 5.74) is 0.381. The van der Waals surface area contributed by atoms with Gasteiger partial charge in [0.15, 0.2) is 0 Å². The van der Waals surface area contributed by atoms with Crippen LogP contribution in [0.4, 0.5) is 0 Å². The summed E-state index contributed by atoms with van der Waals surface area (Å²) in [7, 11) is 4.30. The van der Waals surface area contributed by atoms with Crippen LogP contribution in [0.15, 0.2) is 0 Å². The zero-order valence-electron chi connectivity index (χ0n) is 10.7. The first-order valence-electron chi connectivity index (χ1n) is 5.95. The van der Waals surface area contributed by atoms with Crippen molar-refractivity contribution in [1.29, 1.82) is 0 Å². The summed E-state index contributed by atoms with van der Waals surface area (Å²) < 4.78 is 0. The van der Waals surface area contributed by atoms with Gasteiger partial charge >= 0.3 is 0 Å².